The van der Waals surface area contributed by atoms with Crippen LogP contribution >= 0.6 is 0 Å². The molecule has 0 bridgehead atoms. The number of rotatable bonds is 1. The molecule has 2 nitrogen and oxygen atoms in total. The Morgan fingerprint density at radius 1 is 1.18 bits per heavy atom. The number of carbonyl (C=O) groups is 1. The van der Waals surface area contributed by atoms with Crippen LogP contribution in [0.1, 0.15) is 50.7 Å². The highest BCUT2D eigenvalue weighted by Crippen LogP contribution is 2.28. The maximum Gasteiger partial charge on any atom is 0.220 e. The molecule has 1 saturated heterocycles. The van der Waals surface area contributed by atoms with Gasteiger partial charge >= 0.3 is 0 Å². The number of nitrogens with one attached hydrogen (secondary N) is 1. The number of hydrogen-bond acceptors (Lipinski definition) is 1. The zero-order chi connectivity index (χ0) is 12.8. The molecule has 0 aliphatic carbocycles. The summed E-state index contributed by atoms with van der Waals surface area (Å²) in [4.78, 5) is 11.4. The predicted octanol–water partition coefficient (Wildman–Crippen LogP) is 3.40. The van der Waals surface area contributed by atoms with Crippen LogP contribution in [-0.2, 0) is 4.79 Å². The zero-order valence-corrected chi connectivity index (χ0v) is 11.3. The molecule has 0 saturated carbocycles. The van der Waals surface area contributed by atoms with Gasteiger partial charge in [-0.25, -0.2) is 0 Å². The molecule has 0 aromatic heterocycles. The Labute approximate surface area is 104 Å². The summed E-state index contributed by atoms with van der Waals surface area (Å²) < 4.78 is 0. The third-order valence-electron chi connectivity index (χ3n) is 3.03. The minimum absolute atomic E-state index is 0.180. The van der Waals surface area contributed by atoms with Gasteiger partial charge in [-0.05, 0) is 31.7 Å². The van der Waals surface area contributed by atoms with Crippen LogP contribution in [0.25, 0.3) is 0 Å². The lowest BCUT2D eigenvalue weighted by Crippen LogP contribution is -2.39. The molecule has 1 aromatic rings. The number of aryl methyl sites for hydroxylation is 1. The van der Waals surface area contributed by atoms with Crippen molar-refractivity contribution in [3.05, 3.63) is 35.4 Å². The van der Waals surface area contributed by atoms with Crippen molar-refractivity contribution >= 4 is 5.91 Å². The molecule has 0 radical (unpaired) electrons. The Balaban J connectivity index is 0.000000686. The molecule has 1 aliphatic rings. The van der Waals surface area contributed by atoms with Gasteiger partial charge in [-0.1, -0.05) is 43.7 Å². The lowest BCUT2D eigenvalue weighted by atomic mass is 9.86. The molecule has 1 aromatic carbocycles. The Morgan fingerprint density at radius 3 is 2.29 bits per heavy atom. The SMILES string of the molecule is CC.Cc1ccc(C2CC(=O)NC(C)C2)cc1. The van der Waals surface area contributed by atoms with Crippen LogP contribution in [0.5, 0.6) is 0 Å². The van der Waals surface area contributed by atoms with E-state index in [1.165, 1.54) is 11.1 Å². The summed E-state index contributed by atoms with van der Waals surface area (Å²) in [5.41, 5.74) is 2.56. The van der Waals surface area contributed by atoms with Crippen LogP contribution < -0.4 is 5.32 Å². The third-order valence-corrected chi connectivity index (χ3v) is 3.03. The molecule has 2 atom stereocenters. The second-order valence-electron chi connectivity index (χ2n) is 4.52. The summed E-state index contributed by atoms with van der Waals surface area (Å²) >= 11 is 0. The monoisotopic (exact) mass is 233 g/mol. The van der Waals surface area contributed by atoms with Gasteiger partial charge in [-0.2, -0.15) is 0 Å². The minimum Gasteiger partial charge on any atom is -0.354 e. The van der Waals surface area contributed by atoms with E-state index in [0.29, 0.717) is 18.4 Å². The second kappa shape index (κ2) is 6.43. The summed E-state index contributed by atoms with van der Waals surface area (Å²) in [6.07, 6.45) is 1.68. The summed E-state index contributed by atoms with van der Waals surface area (Å²) in [5.74, 6) is 0.577. The Kier molecular flexibility index (Phi) is 5.20. The smallest absolute Gasteiger partial charge is 0.220 e. The standard InChI is InChI=1S/C13H17NO.C2H6/c1-9-3-5-11(6-4-9)12-7-10(2)14-13(15)8-12;1-2/h3-6,10,12H,7-8H2,1-2H3,(H,14,15);1-2H3. The van der Waals surface area contributed by atoms with E-state index in [2.05, 4.69) is 43.4 Å². The first-order chi connectivity index (χ1) is 8.15. The average molecular weight is 233 g/mol. The molecule has 94 valence electrons. The first-order valence-electron chi connectivity index (χ1n) is 6.51. The maximum atomic E-state index is 11.4. The van der Waals surface area contributed by atoms with Gasteiger partial charge in [0.1, 0.15) is 0 Å². The van der Waals surface area contributed by atoms with Crippen LogP contribution in [0.15, 0.2) is 24.3 Å². The van der Waals surface area contributed by atoms with Crippen LogP contribution in [0.2, 0.25) is 0 Å². The van der Waals surface area contributed by atoms with Gasteiger partial charge in [-0.15, -0.1) is 0 Å². The van der Waals surface area contributed by atoms with Crippen LogP contribution in [-0.4, -0.2) is 11.9 Å². The van der Waals surface area contributed by atoms with Crippen molar-refractivity contribution in [2.24, 2.45) is 0 Å². The molecule has 1 aliphatic heterocycles. The number of benzene rings is 1. The normalized spacial score (nSPS) is 23.4. The molecule has 1 N–H and O–H groups in total. The largest absolute Gasteiger partial charge is 0.354 e. The number of carbonyl (C=O) groups excluding carboxylic acids is 1. The highest BCUT2D eigenvalue weighted by Gasteiger charge is 2.24. The fraction of sp³-hybridized carbons (Fsp3) is 0.533. The van der Waals surface area contributed by atoms with Crippen LogP contribution in [0.3, 0.4) is 0 Å². The third kappa shape index (κ3) is 3.88. The molecule has 17 heavy (non-hydrogen) atoms. The topological polar surface area (TPSA) is 29.1 Å². The van der Waals surface area contributed by atoms with E-state index < -0.39 is 0 Å². The highest BCUT2D eigenvalue weighted by molar-refractivity contribution is 5.78. The molecule has 2 unspecified atom stereocenters. The summed E-state index contributed by atoms with van der Waals surface area (Å²) in [6, 6.07) is 8.83. The first-order valence-corrected chi connectivity index (χ1v) is 6.51. The van der Waals surface area contributed by atoms with Gasteiger partial charge < -0.3 is 5.32 Å². The van der Waals surface area contributed by atoms with Gasteiger partial charge in [0.25, 0.3) is 0 Å². The summed E-state index contributed by atoms with van der Waals surface area (Å²) in [5, 5.41) is 2.95. The minimum atomic E-state index is 0.180. The predicted molar refractivity (Wildman–Crippen MR) is 72.1 cm³/mol. The molecular weight excluding hydrogens is 210 g/mol. The molecule has 0 spiro atoms. The highest BCUT2D eigenvalue weighted by atomic mass is 16.1. The fourth-order valence-electron chi connectivity index (χ4n) is 2.22. The fourth-order valence-corrected chi connectivity index (χ4v) is 2.22. The number of piperidine rings is 1. The quantitative estimate of drug-likeness (QED) is 0.791. The number of amides is 1. The maximum absolute atomic E-state index is 11.4. The average Bonchev–Trinajstić information content (AvgIpc) is 2.31. The molecule has 1 amide bonds. The lowest BCUT2D eigenvalue weighted by Gasteiger charge is -2.27. The molecule has 2 heteroatoms. The van der Waals surface area contributed by atoms with Crippen molar-refractivity contribution in [3.63, 3.8) is 0 Å². The van der Waals surface area contributed by atoms with Gasteiger partial charge in [0, 0.05) is 12.5 Å². The van der Waals surface area contributed by atoms with Crippen molar-refractivity contribution in [3.8, 4) is 0 Å². The van der Waals surface area contributed by atoms with E-state index in [4.69, 9.17) is 0 Å². The van der Waals surface area contributed by atoms with E-state index in [1.807, 2.05) is 13.8 Å². The van der Waals surface area contributed by atoms with Gasteiger partial charge in [0.2, 0.25) is 5.91 Å². The summed E-state index contributed by atoms with van der Waals surface area (Å²) in [6.45, 7) is 8.15. The Hall–Kier alpha value is -1.31. The number of hydrogen-bond donors (Lipinski definition) is 1. The Bertz CT molecular complexity index is 356. The second-order valence-corrected chi connectivity index (χ2v) is 4.52. The van der Waals surface area contributed by atoms with Crippen LogP contribution in [0, 0.1) is 6.92 Å². The van der Waals surface area contributed by atoms with E-state index in [1.54, 1.807) is 0 Å². The molecule has 2 rings (SSSR count). The molecule has 1 heterocycles. The first kappa shape index (κ1) is 13.8. The van der Waals surface area contributed by atoms with Crippen LogP contribution in [0.4, 0.5) is 0 Å². The van der Waals surface area contributed by atoms with Crippen molar-refractivity contribution in [2.75, 3.05) is 0 Å². The molecular formula is C15H23NO. The van der Waals surface area contributed by atoms with E-state index in [9.17, 15) is 4.79 Å². The van der Waals surface area contributed by atoms with Gasteiger partial charge in [0.15, 0.2) is 0 Å². The summed E-state index contributed by atoms with van der Waals surface area (Å²) in [7, 11) is 0. The van der Waals surface area contributed by atoms with Gasteiger partial charge in [0.05, 0.1) is 0 Å². The van der Waals surface area contributed by atoms with Crippen molar-refractivity contribution in [1.29, 1.82) is 0 Å². The van der Waals surface area contributed by atoms with E-state index in [0.717, 1.165) is 6.42 Å². The van der Waals surface area contributed by atoms with E-state index in [-0.39, 0.29) is 5.91 Å². The zero-order valence-electron chi connectivity index (χ0n) is 11.3. The molecule has 1 fully saturated rings. The lowest BCUT2D eigenvalue weighted by molar-refractivity contribution is -0.123. The van der Waals surface area contributed by atoms with E-state index >= 15 is 0 Å². The van der Waals surface area contributed by atoms with Gasteiger partial charge in [-0.3, -0.25) is 4.79 Å². The van der Waals surface area contributed by atoms with Crippen molar-refractivity contribution in [1.82, 2.24) is 5.32 Å². The van der Waals surface area contributed by atoms with Crippen molar-refractivity contribution in [2.45, 2.75) is 52.5 Å². The van der Waals surface area contributed by atoms with Crippen molar-refractivity contribution < 1.29 is 4.79 Å². The Morgan fingerprint density at radius 2 is 1.76 bits per heavy atom.